The van der Waals surface area contributed by atoms with E-state index in [1.54, 1.807) is 19.2 Å². The normalized spacial score (nSPS) is 11.6. The van der Waals surface area contributed by atoms with Crippen molar-refractivity contribution >= 4 is 16.8 Å². The van der Waals surface area contributed by atoms with Crippen molar-refractivity contribution in [3.63, 3.8) is 0 Å². The molecule has 0 saturated heterocycles. The highest BCUT2D eigenvalue weighted by Gasteiger charge is 2.04. The van der Waals surface area contributed by atoms with Crippen molar-refractivity contribution in [2.45, 2.75) is 12.8 Å². The number of hydrogen-bond acceptors (Lipinski definition) is 5. The number of benzene rings is 2. The predicted octanol–water partition coefficient (Wildman–Crippen LogP) is 3.38. The fraction of sp³-hybridized carbons (Fsp3) is 0.350. The molecule has 0 aromatic heterocycles. The van der Waals surface area contributed by atoms with E-state index in [0.717, 1.165) is 17.9 Å². The van der Waals surface area contributed by atoms with Gasteiger partial charge in [-0.1, -0.05) is 0 Å². The summed E-state index contributed by atoms with van der Waals surface area (Å²) in [6.07, 6.45) is 1.39. The van der Waals surface area contributed by atoms with Crippen molar-refractivity contribution < 1.29 is 28.3 Å². The highest BCUT2D eigenvalue weighted by molar-refractivity contribution is 7.84. The second-order valence-corrected chi connectivity index (χ2v) is 7.45. The van der Waals surface area contributed by atoms with E-state index >= 15 is 0 Å². The molecule has 0 aliphatic rings. The lowest BCUT2D eigenvalue weighted by atomic mass is 10.2. The number of carboxylic acid groups (broad SMARTS) is 1. The van der Waals surface area contributed by atoms with Gasteiger partial charge in [0.25, 0.3) is 0 Å². The third kappa shape index (κ3) is 7.70. The van der Waals surface area contributed by atoms with Gasteiger partial charge in [-0.05, 0) is 61.4 Å². The number of ether oxygens (including phenoxy) is 3. The standard InChI is InChI=1S/C20H24O6S/c1-24-17-8-10-19(11-9-17)26-13-3-15-27(23)14-2-12-25-18-6-4-16(5-7-18)20(21)22/h4-11H,2-3,12-15H2,1H3,(H,21,22). The van der Waals surface area contributed by atoms with E-state index in [9.17, 15) is 9.00 Å². The molecule has 1 unspecified atom stereocenters. The van der Waals surface area contributed by atoms with Crippen LogP contribution in [0.5, 0.6) is 17.2 Å². The number of rotatable bonds is 12. The smallest absolute Gasteiger partial charge is 0.335 e. The van der Waals surface area contributed by atoms with E-state index in [-0.39, 0.29) is 5.56 Å². The highest BCUT2D eigenvalue weighted by atomic mass is 32.2. The highest BCUT2D eigenvalue weighted by Crippen LogP contribution is 2.17. The molecule has 0 radical (unpaired) electrons. The summed E-state index contributed by atoms with van der Waals surface area (Å²) in [6, 6.07) is 13.6. The third-order valence-corrected chi connectivity index (χ3v) is 5.22. The quantitative estimate of drug-likeness (QED) is 0.558. The molecule has 1 N–H and O–H groups in total. The second kappa shape index (κ2) is 11.2. The summed E-state index contributed by atoms with van der Waals surface area (Å²) < 4.78 is 28.2. The maximum atomic E-state index is 12.0. The molecular formula is C20H24O6S. The van der Waals surface area contributed by atoms with Crippen LogP contribution in [0, 0.1) is 0 Å². The molecule has 146 valence electrons. The van der Waals surface area contributed by atoms with E-state index in [4.69, 9.17) is 19.3 Å². The van der Waals surface area contributed by atoms with Gasteiger partial charge in [0.15, 0.2) is 0 Å². The van der Waals surface area contributed by atoms with Crippen LogP contribution in [0.3, 0.4) is 0 Å². The summed E-state index contributed by atoms with van der Waals surface area (Å²) in [5, 5.41) is 8.84. The lowest BCUT2D eigenvalue weighted by molar-refractivity contribution is 0.0697. The van der Waals surface area contributed by atoms with Gasteiger partial charge in [-0.25, -0.2) is 4.79 Å². The zero-order chi connectivity index (χ0) is 19.5. The van der Waals surface area contributed by atoms with Gasteiger partial charge in [0, 0.05) is 22.3 Å². The Morgan fingerprint density at radius 2 is 1.30 bits per heavy atom. The first-order valence-electron chi connectivity index (χ1n) is 8.66. The molecule has 0 saturated carbocycles. The minimum absolute atomic E-state index is 0.223. The largest absolute Gasteiger partial charge is 0.497 e. The topological polar surface area (TPSA) is 82.1 Å². The Balaban J connectivity index is 1.54. The van der Waals surface area contributed by atoms with Crippen molar-refractivity contribution in [1.29, 1.82) is 0 Å². The molecule has 27 heavy (non-hydrogen) atoms. The molecular weight excluding hydrogens is 368 g/mol. The van der Waals surface area contributed by atoms with Crippen LogP contribution >= 0.6 is 0 Å². The summed E-state index contributed by atoms with van der Waals surface area (Å²) >= 11 is 0. The minimum atomic E-state index is -0.965. The summed E-state index contributed by atoms with van der Waals surface area (Å²) in [5.41, 5.74) is 0.223. The number of aromatic carboxylic acids is 1. The van der Waals surface area contributed by atoms with E-state index in [2.05, 4.69) is 0 Å². The molecule has 1 atom stereocenters. The fourth-order valence-electron chi connectivity index (χ4n) is 2.29. The van der Waals surface area contributed by atoms with Gasteiger partial charge in [0.1, 0.15) is 17.2 Å². The summed E-state index contributed by atoms with van der Waals surface area (Å²) in [7, 11) is 0.708. The molecule has 0 spiro atoms. The van der Waals surface area contributed by atoms with Crippen LogP contribution in [-0.2, 0) is 10.8 Å². The van der Waals surface area contributed by atoms with Gasteiger partial charge in [-0.15, -0.1) is 0 Å². The average molecular weight is 392 g/mol. The van der Waals surface area contributed by atoms with Crippen molar-refractivity contribution in [2.24, 2.45) is 0 Å². The van der Waals surface area contributed by atoms with Gasteiger partial charge in [0.2, 0.25) is 0 Å². The molecule has 7 heteroatoms. The molecule has 0 amide bonds. The maximum absolute atomic E-state index is 12.0. The maximum Gasteiger partial charge on any atom is 0.335 e. The Morgan fingerprint density at radius 3 is 1.74 bits per heavy atom. The molecule has 0 fully saturated rings. The first kappa shape index (κ1) is 20.8. The number of hydrogen-bond donors (Lipinski definition) is 1. The van der Waals surface area contributed by atoms with E-state index in [1.165, 1.54) is 12.1 Å². The molecule has 0 aliphatic carbocycles. The molecule has 0 bridgehead atoms. The second-order valence-electron chi connectivity index (χ2n) is 5.76. The molecule has 2 aromatic rings. The van der Waals surface area contributed by atoms with Crippen LogP contribution in [0.1, 0.15) is 23.2 Å². The van der Waals surface area contributed by atoms with Crippen molar-refractivity contribution in [3.8, 4) is 17.2 Å². The predicted molar refractivity (Wildman–Crippen MR) is 104 cm³/mol. The van der Waals surface area contributed by atoms with Gasteiger partial charge in [-0.2, -0.15) is 0 Å². The fourth-order valence-corrected chi connectivity index (χ4v) is 3.37. The van der Waals surface area contributed by atoms with Crippen molar-refractivity contribution in [3.05, 3.63) is 54.1 Å². The molecule has 6 nitrogen and oxygen atoms in total. The summed E-state index contributed by atoms with van der Waals surface area (Å²) in [5.74, 6) is 2.35. The third-order valence-electron chi connectivity index (χ3n) is 3.73. The Hall–Kier alpha value is -2.54. The molecule has 0 aliphatic heterocycles. The lowest BCUT2D eigenvalue weighted by Crippen LogP contribution is -2.10. The molecule has 0 heterocycles. The van der Waals surface area contributed by atoms with Gasteiger partial charge < -0.3 is 19.3 Å². The Bertz CT molecular complexity index is 727. The van der Waals surface area contributed by atoms with Gasteiger partial charge >= 0.3 is 5.97 Å². The monoisotopic (exact) mass is 392 g/mol. The van der Waals surface area contributed by atoms with Crippen LogP contribution in [0.4, 0.5) is 0 Å². The summed E-state index contributed by atoms with van der Waals surface area (Å²) in [4.78, 5) is 10.8. The first-order chi connectivity index (χ1) is 13.1. The van der Waals surface area contributed by atoms with Crippen molar-refractivity contribution in [1.82, 2.24) is 0 Å². The Labute approximate surface area is 161 Å². The van der Waals surface area contributed by atoms with Crippen LogP contribution in [0.25, 0.3) is 0 Å². The molecule has 2 rings (SSSR count). The SMILES string of the molecule is COc1ccc(OCCCS(=O)CCCOc2ccc(C(=O)O)cc2)cc1. The minimum Gasteiger partial charge on any atom is -0.497 e. The van der Waals surface area contributed by atoms with E-state index in [1.807, 2.05) is 24.3 Å². The molecule has 2 aromatic carbocycles. The summed E-state index contributed by atoms with van der Waals surface area (Å²) in [6.45, 7) is 0.963. The Kier molecular flexibility index (Phi) is 8.64. The number of carboxylic acids is 1. The van der Waals surface area contributed by atoms with E-state index < -0.39 is 16.8 Å². The van der Waals surface area contributed by atoms with Crippen LogP contribution < -0.4 is 14.2 Å². The zero-order valence-electron chi connectivity index (χ0n) is 15.3. The Morgan fingerprint density at radius 1 is 0.852 bits per heavy atom. The average Bonchev–Trinajstić information content (AvgIpc) is 2.69. The number of carbonyl (C=O) groups is 1. The van der Waals surface area contributed by atoms with Crippen LogP contribution in [-0.4, -0.2) is 47.1 Å². The van der Waals surface area contributed by atoms with Crippen LogP contribution in [0.2, 0.25) is 0 Å². The van der Waals surface area contributed by atoms with Gasteiger partial charge in [0.05, 0.1) is 25.9 Å². The van der Waals surface area contributed by atoms with Gasteiger partial charge in [-0.3, -0.25) is 4.21 Å². The first-order valence-corrected chi connectivity index (χ1v) is 10.2. The zero-order valence-corrected chi connectivity index (χ0v) is 16.1. The van der Waals surface area contributed by atoms with Crippen molar-refractivity contribution in [2.75, 3.05) is 31.8 Å². The van der Waals surface area contributed by atoms with E-state index in [0.29, 0.717) is 36.9 Å². The number of methoxy groups -OCH3 is 1. The van der Waals surface area contributed by atoms with Crippen LogP contribution in [0.15, 0.2) is 48.5 Å². The lowest BCUT2D eigenvalue weighted by Gasteiger charge is -2.08.